The van der Waals surface area contributed by atoms with Crippen LogP contribution < -0.4 is 0 Å². The first-order valence-corrected chi connectivity index (χ1v) is 6.51. The Morgan fingerprint density at radius 2 is 2.05 bits per heavy atom. The van der Waals surface area contributed by atoms with E-state index in [9.17, 15) is 9.18 Å². The summed E-state index contributed by atoms with van der Waals surface area (Å²) in [5, 5.41) is 0.574. The predicted octanol–water partition coefficient (Wildman–Crippen LogP) is 4.75. The van der Waals surface area contributed by atoms with Crippen LogP contribution in [0.25, 0.3) is 22.2 Å². The molecule has 0 aliphatic heterocycles. The summed E-state index contributed by atoms with van der Waals surface area (Å²) in [6, 6.07) is 10.8. The lowest BCUT2D eigenvalue weighted by molar-refractivity contribution is 0.112. The fourth-order valence-corrected chi connectivity index (χ4v) is 2.53. The Morgan fingerprint density at radius 3 is 2.75 bits per heavy atom. The molecule has 0 saturated carbocycles. The first-order chi connectivity index (χ1) is 9.61. The molecule has 3 aromatic rings. The molecule has 0 fully saturated rings. The van der Waals surface area contributed by atoms with Crippen LogP contribution in [0.4, 0.5) is 4.39 Å². The number of aldehydes is 1. The molecule has 0 saturated heterocycles. The number of aromatic amines is 1. The molecule has 100 valence electrons. The molecule has 0 amide bonds. The van der Waals surface area contributed by atoms with Gasteiger partial charge in [0.1, 0.15) is 0 Å². The molecule has 3 rings (SSSR count). The summed E-state index contributed by atoms with van der Waals surface area (Å²) in [4.78, 5) is 14.4. The van der Waals surface area contributed by atoms with Crippen molar-refractivity contribution in [3.8, 4) is 11.3 Å². The van der Waals surface area contributed by atoms with E-state index >= 15 is 0 Å². The zero-order chi connectivity index (χ0) is 14.3. The minimum Gasteiger partial charge on any atom is -0.351 e. The van der Waals surface area contributed by atoms with E-state index in [2.05, 4.69) is 4.98 Å². The van der Waals surface area contributed by atoms with E-state index in [0.29, 0.717) is 16.6 Å². The van der Waals surface area contributed by atoms with Crippen LogP contribution in [0.15, 0.2) is 36.4 Å². The topological polar surface area (TPSA) is 32.9 Å². The molecule has 1 aromatic heterocycles. The lowest BCUT2D eigenvalue weighted by Gasteiger charge is -2.01. The van der Waals surface area contributed by atoms with Gasteiger partial charge in [-0.25, -0.2) is 4.39 Å². The van der Waals surface area contributed by atoms with Gasteiger partial charge in [-0.05, 0) is 24.6 Å². The second-order valence-corrected chi connectivity index (χ2v) is 5.09. The molecule has 0 aliphatic rings. The van der Waals surface area contributed by atoms with Gasteiger partial charge < -0.3 is 4.98 Å². The Bertz CT molecular complexity index is 823. The van der Waals surface area contributed by atoms with Crippen LogP contribution in [0.5, 0.6) is 0 Å². The summed E-state index contributed by atoms with van der Waals surface area (Å²) in [6.45, 7) is 1.96. The second-order valence-electron chi connectivity index (χ2n) is 4.68. The molecule has 20 heavy (non-hydrogen) atoms. The number of aromatic nitrogens is 1. The Kier molecular flexibility index (Phi) is 3.07. The summed E-state index contributed by atoms with van der Waals surface area (Å²) in [5.41, 5.74) is 3.23. The maximum atomic E-state index is 14.0. The highest BCUT2D eigenvalue weighted by atomic mass is 35.5. The van der Waals surface area contributed by atoms with Gasteiger partial charge in [0.2, 0.25) is 0 Å². The van der Waals surface area contributed by atoms with E-state index in [4.69, 9.17) is 11.6 Å². The molecule has 4 heteroatoms. The Morgan fingerprint density at radius 1 is 1.25 bits per heavy atom. The smallest absolute Gasteiger partial charge is 0.165 e. The highest BCUT2D eigenvalue weighted by Gasteiger charge is 2.16. The van der Waals surface area contributed by atoms with Gasteiger partial charge in [-0.15, -0.1) is 0 Å². The molecule has 0 bridgehead atoms. The number of carbonyl (C=O) groups excluding carboxylic acids is 1. The van der Waals surface area contributed by atoms with Gasteiger partial charge in [-0.1, -0.05) is 41.4 Å². The quantitative estimate of drug-likeness (QED) is 0.678. The van der Waals surface area contributed by atoms with Crippen molar-refractivity contribution in [1.82, 2.24) is 4.98 Å². The number of H-pyrrole nitrogens is 1. The summed E-state index contributed by atoms with van der Waals surface area (Å²) >= 11 is 5.78. The maximum absolute atomic E-state index is 14.0. The fourth-order valence-electron chi connectivity index (χ4n) is 2.37. The molecule has 0 unspecified atom stereocenters. The lowest BCUT2D eigenvalue weighted by atomic mass is 10.0. The van der Waals surface area contributed by atoms with Crippen LogP contribution in [0.2, 0.25) is 5.02 Å². The SMILES string of the molecule is Cc1cccc(-c2[nH]c3c(F)c(Cl)ccc3c2C=O)c1. The Hall–Kier alpha value is -2.13. The Labute approximate surface area is 120 Å². The largest absolute Gasteiger partial charge is 0.351 e. The number of hydrogen-bond acceptors (Lipinski definition) is 1. The fraction of sp³-hybridized carbons (Fsp3) is 0.0625. The first-order valence-electron chi connectivity index (χ1n) is 6.13. The number of benzene rings is 2. The third-order valence-corrected chi connectivity index (χ3v) is 3.62. The van der Waals surface area contributed by atoms with Crippen molar-refractivity contribution in [2.75, 3.05) is 0 Å². The van der Waals surface area contributed by atoms with Crippen LogP contribution in [0.1, 0.15) is 15.9 Å². The first kappa shape index (κ1) is 12.9. The minimum atomic E-state index is -0.536. The monoisotopic (exact) mass is 287 g/mol. The van der Waals surface area contributed by atoms with Crippen LogP contribution in [0.3, 0.4) is 0 Å². The molecule has 1 heterocycles. The molecule has 1 N–H and O–H groups in total. The minimum absolute atomic E-state index is 0.0343. The number of hydrogen-bond donors (Lipinski definition) is 1. The lowest BCUT2D eigenvalue weighted by Crippen LogP contribution is -1.85. The second kappa shape index (κ2) is 4.76. The van der Waals surface area contributed by atoms with E-state index in [-0.39, 0.29) is 10.5 Å². The molecule has 0 radical (unpaired) electrons. The van der Waals surface area contributed by atoms with Crippen molar-refractivity contribution in [2.24, 2.45) is 0 Å². The summed E-state index contributed by atoms with van der Waals surface area (Å²) in [5.74, 6) is -0.536. The van der Waals surface area contributed by atoms with Gasteiger partial charge in [0, 0.05) is 10.9 Å². The van der Waals surface area contributed by atoms with Gasteiger partial charge in [-0.3, -0.25) is 4.79 Å². The summed E-state index contributed by atoms with van der Waals surface area (Å²) in [7, 11) is 0. The number of nitrogens with one attached hydrogen (secondary N) is 1. The van der Waals surface area contributed by atoms with Gasteiger partial charge in [-0.2, -0.15) is 0 Å². The summed E-state index contributed by atoms with van der Waals surface area (Å²) < 4.78 is 14.0. The number of fused-ring (bicyclic) bond motifs is 1. The average molecular weight is 288 g/mol. The molecule has 0 atom stereocenters. The van der Waals surface area contributed by atoms with Gasteiger partial charge in [0.05, 0.1) is 16.2 Å². The molecular formula is C16H11ClFNO. The molecule has 0 spiro atoms. The predicted molar refractivity (Wildman–Crippen MR) is 78.8 cm³/mol. The van der Waals surface area contributed by atoms with Crippen molar-refractivity contribution < 1.29 is 9.18 Å². The molecule has 2 aromatic carbocycles. The number of halogens is 2. The van der Waals surface area contributed by atoms with Crippen LogP contribution in [-0.2, 0) is 0 Å². The van der Waals surface area contributed by atoms with Crippen LogP contribution in [0, 0.1) is 12.7 Å². The third kappa shape index (κ3) is 1.91. The van der Waals surface area contributed by atoms with E-state index < -0.39 is 5.82 Å². The van der Waals surface area contributed by atoms with Gasteiger partial charge in [0.25, 0.3) is 0 Å². The number of carbonyl (C=O) groups is 1. The highest BCUT2D eigenvalue weighted by molar-refractivity contribution is 6.31. The average Bonchev–Trinajstić information content (AvgIpc) is 2.82. The van der Waals surface area contributed by atoms with Crippen molar-refractivity contribution in [3.05, 3.63) is 58.4 Å². The number of aryl methyl sites for hydroxylation is 1. The maximum Gasteiger partial charge on any atom is 0.165 e. The standard InChI is InChI=1S/C16H11ClFNO/c1-9-3-2-4-10(7-9)15-12(8-20)11-5-6-13(17)14(18)16(11)19-15/h2-8,19H,1H3. The van der Waals surface area contributed by atoms with E-state index in [0.717, 1.165) is 17.4 Å². The van der Waals surface area contributed by atoms with E-state index in [1.165, 1.54) is 6.07 Å². The van der Waals surface area contributed by atoms with Gasteiger partial charge >= 0.3 is 0 Å². The number of rotatable bonds is 2. The van der Waals surface area contributed by atoms with Crippen LogP contribution >= 0.6 is 11.6 Å². The van der Waals surface area contributed by atoms with Crippen molar-refractivity contribution in [2.45, 2.75) is 6.92 Å². The Balaban J connectivity index is 2.36. The zero-order valence-corrected chi connectivity index (χ0v) is 11.5. The summed E-state index contributed by atoms with van der Waals surface area (Å²) in [6.07, 6.45) is 0.740. The molecule has 0 aliphatic carbocycles. The van der Waals surface area contributed by atoms with Crippen molar-refractivity contribution >= 4 is 28.8 Å². The third-order valence-electron chi connectivity index (χ3n) is 3.33. The van der Waals surface area contributed by atoms with Crippen LogP contribution in [-0.4, -0.2) is 11.3 Å². The highest BCUT2D eigenvalue weighted by Crippen LogP contribution is 2.33. The van der Waals surface area contributed by atoms with Crippen molar-refractivity contribution in [3.63, 3.8) is 0 Å². The van der Waals surface area contributed by atoms with E-state index in [1.54, 1.807) is 6.07 Å². The zero-order valence-electron chi connectivity index (χ0n) is 10.7. The normalized spacial score (nSPS) is 10.9. The van der Waals surface area contributed by atoms with Gasteiger partial charge in [0.15, 0.2) is 12.1 Å². The van der Waals surface area contributed by atoms with Crippen molar-refractivity contribution in [1.29, 1.82) is 0 Å². The molecule has 2 nitrogen and oxygen atoms in total. The molecular weight excluding hydrogens is 277 g/mol. The van der Waals surface area contributed by atoms with E-state index in [1.807, 2.05) is 31.2 Å².